The molecule has 10 fully saturated rings. The second kappa shape index (κ2) is 27.2. The van der Waals surface area contributed by atoms with Gasteiger partial charge in [-0.2, -0.15) is 0 Å². The number of fused-ring (bicyclic) bond motifs is 7. The van der Waals surface area contributed by atoms with Crippen molar-refractivity contribution >= 4 is 5.97 Å². The predicted octanol–water partition coefficient (Wildman–Crippen LogP) is -4.47. The van der Waals surface area contributed by atoms with E-state index in [1.54, 1.807) is 0 Å². The highest BCUT2D eigenvalue weighted by Gasteiger charge is 2.71. The number of aliphatic hydroxyl groups excluding tert-OH is 17. The molecule has 30 heteroatoms. The number of aliphatic hydroxyl groups is 17. The van der Waals surface area contributed by atoms with Crippen molar-refractivity contribution in [2.24, 2.45) is 50.2 Å². The van der Waals surface area contributed by atoms with Crippen LogP contribution in [0.4, 0.5) is 0 Å². The van der Waals surface area contributed by atoms with Gasteiger partial charge in [0.1, 0.15) is 122 Å². The molecule has 11 rings (SSSR count). The summed E-state index contributed by atoms with van der Waals surface area (Å²) in [5.74, 6) is -1.01. The summed E-state index contributed by atoms with van der Waals surface area (Å²) < 4.78 is 70.9. The van der Waals surface area contributed by atoms with Gasteiger partial charge in [-0.25, -0.2) is 0 Å². The molecule has 6 aliphatic heterocycles. The van der Waals surface area contributed by atoms with E-state index >= 15 is 4.79 Å². The van der Waals surface area contributed by atoms with Gasteiger partial charge >= 0.3 is 5.97 Å². The number of ether oxygens (including phenoxy) is 12. The van der Waals surface area contributed by atoms with E-state index in [-0.39, 0.29) is 47.2 Å². The van der Waals surface area contributed by atoms with E-state index < -0.39 is 221 Å². The summed E-state index contributed by atoms with van der Waals surface area (Å²) in [7, 11) is 0. The molecule has 6 heterocycles. The summed E-state index contributed by atoms with van der Waals surface area (Å²) in [6, 6.07) is 0. The Bertz CT molecular complexity index is 2610. The monoisotopic (exact) mass is 1340 g/mol. The largest absolute Gasteiger partial charge is 0.432 e. The lowest BCUT2D eigenvalue weighted by molar-refractivity contribution is -0.379. The summed E-state index contributed by atoms with van der Waals surface area (Å²) in [5, 5.41) is 185. The second-order valence-corrected chi connectivity index (χ2v) is 30.4. The van der Waals surface area contributed by atoms with Crippen LogP contribution in [0.15, 0.2) is 11.6 Å². The van der Waals surface area contributed by atoms with E-state index in [1.807, 2.05) is 6.92 Å². The van der Waals surface area contributed by atoms with Crippen LogP contribution in [-0.4, -0.2) is 304 Å². The van der Waals surface area contributed by atoms with Gasteiger partial charge in [-0.1, -0.05) is 53.2 Å². The van der Waals surface area contributed by atoms with Crippen LogP contribution in [-0.2, 0) is 61.6 Å². The molecule has 36 atom stereocenters. The first-order valence-corrected chi connectivity index (χ1v) is 33.1. The van der Waals surface area contributed by atoms with Gasteiger partial charge in [0.25, 0.3) is 0 Å². The predicted molar refractivity (Wildman–Crippen MR) is 310 cm³/mol. The Morgan fingerprint density at radius 3 is 1.72 bits per heavy atom. The molecular formula is C63H102O30. The first kappa shape index (κ1) is 72.3. The van der Waals surface area contributed by atoms with E-state index in [9.17, 15) is 86.8 Å². The third kappa shape index (κ3) is 12.5. The third-order valence-electron chi connectivity index (χ3n) is 24.6. The van der Waals surface area contributed by atoms with Crippen molar-refractivity contribution < 1.29 is 148 Å². The Hall–Kier alpha value is -1.91. The fraction of sp³-hybridized carbons (Fsp3) is 0.952. The van der Waals surface area contributed by atoms with Crippen LogP contribution in [0.25, 0.3) is 0 Å². The summed E-state index contributed by atoms with van der Waals surface area (Å²) >= 11 is 0. The quantitative estimate of drug-likeness (QED) is 0.0418. The van der Waals surface area contributed by atoms with Crippen molar-refractivity contribution in [3.05, 3.63) is 11.6 Å². The molecule has 30 nitrogen and oxygen atoms in total. The third-order valence-corrected chi connectivity index (χ3v) is 24.6. The molecule has 11 aliphatic rings. The Labute approximate surface area is 539 Å². The van der Waals surface area contributed by atoms with E-state index in [0.29, 0.717) is 57.8 Å². The molecular weight excluding hydrogens is 1240 g/mol. The lowest BCUT2D eigenvalue weighted by atomic mass is 9.33. The highest BCUT2D eigenvalue weighted by atomic mass is 16.8. The smallest absolute Gasteiger partial charge is 0.315 e. The lowest BCUT2D eigenvalue weighted by Crippen LogP contribution is -2.67. The molecule has 534 valence electrons. The highest BCUT2D eigenvalue weighted by molar-refractivity contribution is 5.79. The molecule has 0 aromatic carbocycles. The Morgan fingerprint density at radius 1 is 0.516 bits per heavy atom. The fourth-order valence-corrected chi connectivity index (χ4v) is 18.5. The Morgan fingerprint density at radius 2 is 1.09 bits per heavy atom. The number of hydrogen-bond acceptors (Lipinski definition) is 30. The normalized spacial score (nSPS) is 54.9. The standard InChI is InChI=1S/C63H102O30/c1-25-36(69)49(91-53-44(77)38(71)29(67)21-83-53)47(80)55(86-25)92-50-39(72)30(68)22-84-56(50)89-35-11-12-59(4)33(60(35,5)24-65)10-13-62(7)34(59)9-8-26-27-18-58(2,3)14-16-63(27,17-15-61(26,62)6)57(81)93-54-45(78)41(74)40(73)32(88-54)23-85-51-46(79)42(75)48(31(19-64)87-51)90-52-43(76)37(70)28(66)20-82-52/h8,25,27-56,64-80H,9-24H2,1-7H3/t25-,27-,28+,29+,30-,31+,32+,33+,34+,35-,36-,37-,38-,39-,40+,41-,42+,43+,44+,45+,46+,47+,48+,49+,50+,51+,52-,53-,54-,55-,56-,59-,60-,61+,62+,63-/m0/s1. The van der Waals surface area contributed by atoms with Gasteiger partial charge in [-0.15, -0.1) is 0 Å². The molecule has 0 aromatic heterocycles. The van der Waals surface area contributed by atoms with Gasteiger partial charge in [-0.05, 0) is 111 Å². The molecule has 17 N–H and O–H groups in total. The topological polar surface area (TPSA) is 472 Å². The van der Waals surface area contributed by atoms with Gasteiger partial charge in [0.05, 0.1) is 57.3 Å². The maximum atomic E-state index is 15.3. The van der Waals surface area contributed by atoms with Crippen LogP contribution in [0.1, 0.15) is 113 Å². The summed E-state index contributed by atoms with van der Waals surface area (Å²) in [4.78, 5) is 15.3. The van der Waals surface area contributed by atoms with Crippen molar-refractivity contribution in [3.8, 4) is 0 Å². The van der Waals surface area contributed by atoms with Crippen LogP contribution in [0.2, 0.25) is 0 Å². The molecule has 93 heavy (non-hydrogen) atoms. The van der Waals surface area contributed by atoms with E-state index in [2.05, 4.69) is 40.7 Å². The minimum Gasteiger partial charge on any atom is -0.432 e. The van der Waals surface area contributed by atoms with Crippen molar-refractivity contribution in [1.82, 2.24) is 0 Å². The molecule has 0 amide bonds. The van der Waals surface area contributed by atoms with Crippen molar-refractivity contribution in [3.63, 3.8) is 0 Å². The number of allylic oxidation sites excluding steroid dienone is 2. The van der Waals surface area contributed by atoms with Crippen molar-refractivity contribution in [2.75, 3.05) is 39.6 Å². The molecule has 4 saturated carbocycles. The Balaban J connectivity index is 0.772. The van der Waals surface area contributed by atoms with Crippen molar-refractivity contribution in [1.29, 1.82) is 0 Å². The number of esters is 1. The van der Waals surface area contributed by atoms with Gasteiger partial charge in [-0.3, -0.25) is 4.79 Å². The van der Waals surface area contributed by atoms with Gasteiger partial charge in [0.2, 0.25) is 6.29 Å². The minimum absolute atomic E-state index is 0.0757. The molecule has 0 bridgehead atoms. The minimum atomic E-state index is -1.92. The second-order valence-electron chi connectivity index (χ2n) is 30.4. The van der Waals surface area contributed by atoms with Gasteiger partial charge in [0.15, 0.2) is 31.5 Å². The molecule has 0 radical (unpaired) electrons. The lowest BCUT2D eigenvalue weighted by Gasteiger charge is -2.71. The van der Waals surface area contributed by atoms with Gasteiger partial charge < -0.3 is 144 Å². The molecule has 0 spiro atoms. The number of rotatable bonds is 15. The summed E-state index contributed by atoms with van der Waals surface area (Å²) in [6.07, 6.45) is -36.2. The van der Waals surface area contributed by atoms with E-state index in [1.165, 1.54) is 6.92 Å². The Kier molecular flexibility index (Phi) is 21.2. The maximum Gasteiger partial charge on any atom is 0.315 e. The summed E-state index contributed by atoms with van der Waals surface area (Å²) in [6.45, 7) is 11.8. The number of carbonyl (C=O) groups excluding carboxylic acids is 1. The fourth-order valence-electron chi connectivity index (χ4n) is 18.5. The van der Waals surface area contributed by atoms with Crippen molar-refractivity contribution in [2.45, 2.75) is 285 Å². The van der Waals surface area contributed by atoms with Crippen LogP contribution >= 0.6 is 0 Å². The summed E-state index contributed by atoms with van der Waals surface area (Å²) in [5.41, 5.74) is -2.21. The van der Waals surface area contributed by atoms with Crippen LogP contribution in [0, 0.1) is 50.2 Å². The average Bonchev–Trinajstić information content (AvgIpc) is 0.676. The first-order chi connectivity index (χ1) is 43.7. The zero-order chi connectivity index (χ0) is 67.6. The van der Waals surface area contributed by atoms with Crippen LogP contribution < -0.4 is 0 Å². The molecule has 0 aromatic rings. The zero-order valence-corrected chi connectivity index (χ0v) is 53.7. The van der Waals surface area contributed by atoms with Crippen LogP contribution in [0.3, 0.4) is 0 Å². The molecule has 0 unspecified atom stereocenters. The number of carbonyl (C=O) groups is 1. The average molecular weight is 1340 g/mol. The maximum absolute atomic E-state index is 15.3. The highest BCUT2D eigenvalue weighted by Crippen LogP contribution is 2.76. The zero-order valence-electron chi connectivity index (χ0n) is 53.7. The molecule has 6 saturated heterocycles. The van der Waals surface area contributed by atoms with E-state index in [4.69, 9.17) is 56.8 Å². The SMILES string of the molecule is C[C@@H]1O[C@@H](O[C@H]2[C@H](O[C@H]3CC[C@@]4(C)[C@@H](CC[C@]5(C)[C@@H]4CC=C4[C@@H]6CC(C)(C)CC[C@]6(C(=O)O[C@@H]6O[C@H](CO[C@@H]7O[C@H](CO)[C@@H](O[C@@H]8OC[C@@H](O)[C@H](O)[C@H]8O)[C@H](O)[C@H]7O)[C@@H](O)[C@H](O)[C@H]6O)CC[C@]45C)[C@]3(C)CO)OC[C@H](O)[C@@H]2O)[C@H](O)[C@H](O[C@@H]2OC[C@@H](O)[C@H](O)[C@H]2O)[C@H]1O. The number of hydrogen-bond donors (Lipinski definition) is 17. The molecule has 5 aliphatic carbocycles. The van der Waals surface area contributed by atoms with Gasteiger partial charge in [0, 0.05) is 5.41 Å². The van der Waals surface area contributed by atoms with Crippen LogP contribution in [0.5, 0.6) is 0 Å². The van der Waals surface area contributed by atoms with E-state index in [0.717, 1.165) is 12.0 Å². The first-order valence-electron chi connectivity index (χ1n) is 33.1.